The summed E-state index contributed by atoms with van der Waals surface area (Å²) in [5.41, 5.74) is 2.50. The molecule has 26 heavy (non-hydrogen) atoms. The fourth-order valence-corrected chi connectivity index (χ4v) is 2.92. The van der Waals surface area contributed by atoms with Crippen LogP contribution in [0.5, 0.6) is 0 Å². The number of benzene rings is 2. The Labute approximate surface area is 150 Å². The Bertz CT molecular complexity index is 916. The predicted molar refractivity (Wildman–Crippen MR) is 95.0 cm³/mol. The number of amides is 1. The molecule has 1 aliphatic rings. The summed E-state index contributed by atoms with van der Waals surface area (Å²) in [5.74, 6) is -1.77. The largest absolute Gasteiger partial charge is 0.469 e. The van der Waals surface area contributed by atoms with E-state index in [1.165, 1.54) is 13.2 Å². The molecule has 0 aliphatic heterocycles. The van der Waals surface area contributed by atoms with E-state index in [0.29, 0.717) is 28.8 Å². The number of rotatable bonds is 5. The molecule has 0 fully saturated rings. The average Bonchev–Trinajstić information content (AvgIpc) is 2.66. The summed E-state index contributed by atoms with van der Waals surface area (Å²) in [5, 5.41) is 2.69. The van der Waals surface area contributed by atoms with Crippen molar-refractivity contribution in [3.8, 4) is 11.1 Å². The van der Waals surface area contributed by atoms with Crippen LogP contribution in [-0.2, 0) is 14.3 Å². The van der Waals surface area contributed by atoms with E-state index in [-0.39, 0.29) is 30.3 Å². The number of carbonyl (C=O) groups excluding carboxylic acids is 4. The Morgan fingerprint density at radius 2 is 1.54 bits per heavy atom. The molecule has 132 valence electrons. The lowest BCUT2D eigenvalue weighted by molar-refractivity contribution is -0.140. The number of hydrogen-bond acceptors (Lipinski definition) is 5. The van der Waals surface area contributed by atoms with Gasteiger partial charge in [-0.3, -0.25) is 19.2 Å². The van der Waals surface area contributed by atoms with Crippen LogP contribution in [0.2, 0.25) is 0 Å². The maximum Gasteiger partial charge on any atom is 0.305 e. The SMILES string of the molecule is COC(=O)CCCC(=O)Nc1ccc2c(c1)C(=O)C(=O)c1ccccc1-2. The van der Waals surface area contributed by atoms with Gasteiger partial charge in [0.25, 0.3) is 0 Å². The monoisotopic (exact) mass is 351 g/mol. The molecule has 0 saturated heterocycles. The van der Waals surface area contributed by atoms with Crippen LogP contribution in [0.4, 0.5) is 5.69 Å². The standard InChI is InChI=1S/C20H17NO5/c1-26-18(23)8-4-7-17(22)21-12-9-10-14-13-5-2-3-6-15(13)19(24)20(25)16(14)11-12/h2-3,5-6,9-11H,4,7-8H2,1H3,(H,21,22). The summed E-state index contributed by atoms with van der Waals surface area (Å²) in [6.45, 7) is 0. The molecule has 6 heteroatoms. The Morgan fingerprint density at radius 3 is 2.27 bits per heavy atom. The third-order valence-electron chi connectivity index (χ3n) is 4.23. The highest BCUT2D eigenvalue weighted by Gasteiger charge is 2.30. The van der Waals surface area contributed by atoms with E-state index in [9.17, 15) is 19.2 Å². The number of nitrogens with one attached hydrogen (secondary N) is 1. The van der Waals surface area contributed by atoms with E-state index in [1.807, 2.05) is 6.07 Å². The van der Waals surface area contributed by atoms with Crippen LogP contribution in [-0.4, -0.2) is 30.6 Å². The first kappa shape index (κ1) is 17.5. The molecule has 2 aromatic rings. The summed E-state index contributed by atoms with van der Waals surface area (Å²) in [4.78, 5) is 47.7. The summed E-state index contributed by atoms with van der Waals surface area (Å²) >= 11 is 0. The highest BCUT2D eigenvalue weighted by atomic mass is 16.5. The summed E-state index contributed by atoms with van der Waals surface area (Å²) in [7, 11) is 1.30. The third-order valence-corrected chi connectivity index (χ3v) is 4.23. The molecule has 1 amide bonds. The molecule has 2 aromatic carbocycles. The van der Waals surface area contributed by atoms with Gasteiger partial charge in [0.05, 0.1) is 7.11 Å². The average molecular weight is 351 g/mol. The van der Waals surface area contributed by atoms with Crippen LogP contribution in [0, 0.1) is 0 Å². The molecule has 0 radical (unpaired) electrons. The van der Waals surface area contributed by atoms with E-state index in [1.54, 1.807) is 30.3 Å². The first-order valence-corrected chi connectivity index (χ1v) is 8.20. The molecule has 0 spiro atoms. The zero-order valence-electron chi connectivity index (χ0n) is 14.2. The molecule has 6 nitrogen and oxygen atoms in total. The maximum absolute atomic E-state index is 12.4. The van der Waals surface area contributed by atoms with Gasteiger partial charge in [-0.25, -0.2) is 0 Å². The minimum atomic E-state index is -0.583. The lowest BCUT2D eigenvalue weighted by Gasteiger charge is -2.18. The van der Waals surface area contributed by atoms with Gasteiger partial charge in [0.1, 0.15) is 0 Å². The first-order valence-electron chi connectivity index (χ1n) is 8.20. The second kappa shape index (κ2) is 7.31. The molecule has 3 rings (SSSR count). The van der Waals surface area contributed by atoms with Gasteiger partial charge in [-0.1, -0.05) is 30.3 Å². The van der Waals surface area contributed by atoms with Crippen LogP contribution in [0.3, 0.4) is 0 Å². The zero-order valence-corrected chi connectivity index (χ0v) is 14.2. The van der Waals surface area contributed by atoms with E-state index < -0.39 is 11.6 Å². The van der Waals surface area contributed by atoms with Gasteiger partial charge >= 0.3 is 5.97 Å². The number of methoxy groups -OCH3 is 1. The van der Waals surface area contributed by atoms with Crippen molar-refractivity contribution in [1.29, 1.82) is 0 Å². The van der Waals surface area contributed by atoms with Crippen LogP contribution in [0.1, 0.15) is 40.0 Å². The number of esters is 1. The van der Waals surface area contributed by atoms with Crippen molar-refractivity contribution in [3.63, 3.8) is 0 Å². The Morgan fingerprint density at radius 1 is 0.885 bits per heavy atom. The maximum atomic E-state index is 12.4. The number of hydrogen-bond donors (Lipinski definition) is 1. The molecule has 1 N–H and O–H groups in total. The number of Topliss-reactive ketones (excluding diaryl/α,β-unsaturated/α-hetero) is 2. The number of ether oxygens (including phenoxy) is 1. The van der Waals surface area contributed by atoms with Crippen molar-refractivity contribution in [2.45, 2.75) is 19.3 Å². The fourth-order valence-electron chi connectivity index (χ4n) is 2.92. The minimum Gasteiger partial charge on any atom is -0.469 e. The van der Waals surface area contributed by atoms with Gasteiger partial charge in [-0.2, -0.15) is 0 Å². The van der Waals surface area contributed by atoms with Crippen molar-refractivity contribution in [2.24, 2.45) is 0 Å². The van der Waals surface area contributed by atoms with E-state index in [0.717, 1.165) is 0 Å². The molecule has 0 saturated carbocycles. The third kappa shape index (κ3) is 3.39. The molecule has 0 heterocycles. The molecular formula is C20H17NO5. The van der Waals surface area contributed by atoms with Crippen molar-refractivity contribution in [1.82, 2.24) is 0 Å². The van der Waals surface area contributed by atoms with Gasteiger partial charge in [0, 0.05) is 29.7 Å². The molecule has 0 bridgehead atoms. The van der Waals surface area contributed by atoms with Gasteiger partial charge in [-0.15, -0.1) is 0 Å². The Kier molecular flexibility index (Phi) is 4.93. The summed E-state index contributed by atoms with van der Waals surface area (Å²) in [6.07, 6.45) is 0.689. The lowest BCUT2D eigenvalue weighted by Crippen LogP contribution is -2.21. The van der Waals surface area contributed by atoms with Gasteiger partial charge in [0.2, 0.25) is 17.5 Å². The highest BCUT2D eigenvalue weighted by molar-refractivity contribution is 6.53. The van der Waals surface area contributed by atoms with E-state index >= 15 is 0 Å². The normalized spacial score (nSPS) is 12.2. The lowest BCUT2D eigenvalue weighted by atomic mass is 9.84. The quantitative estimate of drug-likeness (QED) is 0.661. The van der Waals surface area contributed by atoms with Crippen LogP contribution in [0.15, 0.2) is 42.5 Å². The molecular weight excluding hydrogens is 334 g/mol. The van der Waals surface area contributed by atoms with E-state index in [4.69, 9.17) is 0 Å². The smallest absolute Gasteiger partial charge is 0.305 e. The second-order valence-corrected chi connectivity index (χ2v) is 5.94. The fraction of sp³-hybridized carbons (Fsp3) is 0.200. The molecule has 1 aliphatic carbocycles. The molecule has 0 aromatic heterocycles. The molecule has 0 atom stereocenters. The van der Waals surface area contributed by atoms with Crippen LogP contribution >= 0.6 is 0 Å². The van der Waals surface area contributed by atoms with Crippen molar-refractivity contribution in [3.05, 3.63) is 53.6 Å². The van der Waals surface area contributed by atoms with Crippen molar-refractivity contribution < 1.29 is 23.9 Å². The number of ketones is 2. The Hall–Kier alpha value is -3.28. The van der Waals surface area contributed by atoms with Gasteiger partial charge in [-0.05, 0) is 29.7 Å². The van der Waals surface area contributed by atoms with Gasteiger partial charge in [0.15, 0.2) is 0 Å². The van der Waals surface area contributed by atoms with Crippen LogP contribution < -0.4 is 5.32 Å². The minimum absolute atomic E-state index is 0.155. The predicted octanol–water partition coefficient (Wildman–Crippen LogP) is 3.01. The van der Waals surface area contributed by atoms with E-state index in [2.05, 4.69) is 10.1 Å². The summed E-state index contributed by atoms with van der Waals surface area (Å²) < 4.78 is 4.52. The summed E-state index contributed by atoms with van der Waals surface area (Å²) in [6, 6.07) is 11.9. The van der Waals surface area contributed by atoms with Crippen LogP contribution in [0.25, 0.3) is 11.1 Å². The molecule has 0 unspecified atom stereocenters. The number of carbonyl (C=O) groups is 4. The van der Waals surface area contributed by atoms with Crippen molar-refractivity contribution >= 4 is 29.1 Å². The van der Waals surface area contributed by atoms with Crippen molar-refractivity contribution in [2.75, 3.05) is 12.4 Å². The van der Waals surface area contributed by atoms with Gasteiger partial charge < -0.3 is 10.1 Å². The Balaban J connectivity index is 1.77. The topological polar surface area (TPSA) is 89.5 Å². The zero-order chi connectivity index (χ0) is 18.7. The number of fused-ring (bicyclic) bond motifs is 3. The first-order chi connectivity index (χ1) is 12.5. The number of anilines is 1. The second-order valence-electron chi connectivity index (χ2n) is 5.94. The highest BCUT2D eigenvalue weighted by Crippen LogP contribution is 2.34.